The Bertz CT molecular complexity index is 338. The molecular formula is C13H20N2O2. The lowest BCUT2D eigenvalue weighted by molar-refractivity contribution is 0.254. The molecule has 1 aromatic heterocycles. The van der Waals surface area contributed by atoms with Crippen molar-refractivity contribution in [2.24, 2.45) is 0 Å². The fraction of sp³-hybridized carbons (Fsp3) is 0.615. The molecule has 1 aromatic rings. The smallest absolute Gasteiger partial charge is 0.179 e. The summed E-state index contributed by atoms with van der Waals surface area (Å²) in [6, 6.07) is 1.84. The van der Waals surface area contributed by atoms with Crippen LogP contribution >= 0.6 is 0 Å². The monoisotopic (exact) mass is 236 g/mol. The van der Waals surface area contributed by atoms with Gasteiger partial charge in [-0.3, -0.25) is 4.98 Å². The highest BCUT2D eigenvalue weighted by Gasteiger charge is 2.10. The van der Waals surface area contributed by atoms with Gasteiger partial charge in [0.25, 0.3) is 0 Å². The van der Waals surface area contributed by atoms with Gasteiger partial charge in [0.05, 0.1) is 19.9 Å². The lowest BCUT2D eigenvalue weighted by Gasteiger charge is -2.15. The van der Waals surface area contributed by atoms with Crippen molar-refractivity contribution in [1.29, 1.82) is 0 Å². The predicted molar refractivity (Wildman–Crippen MR) is 66.6 cm³/mol. The van der Waals surface area contributed by atoms with E-state index in [-0.39, 0.29) is 0 Å². The lowest BCUT2D eigenvalue weighted by atomic mass is 10.4. The molecule has 0 N–H and O–H groups in total. The topological polar surface area (TPSA) is 34.6 Å². The van der Waals surface area contributed by atoms with Gasteiger partial charge in [-0.2, -0.15) is 0 Å². The number of hydrogen-bond acceptors (Lipinski definition) is 4. The van der Waals surface area contributed by atoms with Gasteiger partial charge in [-0.15, -0.1) is 0 Å². The van der Waals surface area contributed by atoms with Crippen molar-refractivity contribution in [2.45, 2.75) is 19.3 Å². The molecule has 2 heterocycles. The average Bonchev–Trinajstić information content (AvgIpc) is 2.88. The molecule has 0 spiro atoms. The largest absolute Gasteiger partial charge is 0.491 e. The van der Waals surface area contributed by atoms with Crippen LogP contribution in [-0.4, -0.2) is 43.2 Å². The van der Waals surface area contributed by atoms with E-state index in [1.807, 2.05) is 6.07 Å². The molecule has 0 aromatic carbocycles. The lowest BCUT2D eigenvalue weighted by Crippen LogP contribution is -2.21. The van der Waals surface area contributed by atoms with Crippen LogP contribution in [0.3, 0.4) is 0 Å². The second-order valence-electron chi connectivity index (χ2n) is 4.28. The Labute approximate surface area is 103 Å². The van der Waals surface area contributed by atoms with Gasteiger partial charge in [0.1, 0.15) is 0 Å². The first-order chi connectivity index (χ1) is 8.40. The molecule has 2 rings (SSSR count). The van der Waals surface area contributed by atoms with E-state index in [1.54, 1.807) is 19.5 Å². The molecule has 1 saturated heterocycles. The Morgan fingerprint density at radius 2 is 2.12 bits per heavy atom. The minimum atomic E-state index is 0.702. The van der Waals surface area contributed by atoms with Crippen LogP contribution in [0.15, 0.2) is 18.5 Å². The minimum absolute atomic E-state index is 0.702. The third kappa shape index (κ3) is 3.60. The van der Waals surface area contributed by atoms with E-state index in [2.05, 4.69) is 9.88 Å². The molecular weight excluding hydrogens is 216 g/mol. The van der Waals surface area contributed by atoms with Crippen LogP contribution in [0.1, 0.15) is 19.3 Å². The van der Waals surface area contributed by atoms with Crippen molar-refractivity contribution < 1.29 is 9.47 Å². The second-order valence-corrected chi connectivity index (χ2v) is 4.28. The molecule has 0 unspecified atom stereocenters. The standard InChI is InChI=1S/C13H20N2O2/c1-16-13-11-14-6-5-12(13)17-10-4-9-15-7-2-3-8-15/h5-6,11H,2-4,7-10H2,1H3. The Balaban J connectivity index is 1.70. The van der Waals surface area contributed by atoms with Gasteiger partial charge in [-0.1, -0.05) is 0 Å². The Kier molecular flexibility index (Phi) is 4.62. The van der Waals surface area contributed by atoms with Crippen molar-refractivity contribution in [2.75, 3.05) is 33.4 Å². The quantitative estimate of drug-likeness (QED) is 0.707. The van der Waals surface area contributed by atoms with Crippen molar-refractivity contribution in [1.82, 2.24) is 9.88 Å². The fourth-order valence-corrected chi connectivity index (χ4v) is 2.12. The number of aromatic nitrogens is 1. The zero-order valence-corrected chi connectivity index (χ0v) is 10.4. The molecule has 17 heavy (non-hydrogen) atoms. The molecule has 1 aliphatic rings. The molecule has 0 saturated carbocycles. The van der Waals surface area contributed by atoms with Crippen LogP contribution in [0.4, 0.5) is 0 Å². The van der Waals surface area contributed by atoms with Gasteiger partial charge in [-0.05, 0) is 32.4 Å². The Morgan fingerprint density at radius 1 is 1.29 bits per heavy atom. The fourth-order valence-electron chi connectivity index (χ4n) is 2.12. The van der Waals surface area contributed by atoms with Gasteiger partial charge in [-0.25, -0.2) is 0 Å². The van der Waals surface area contributed by atoms with Gasteiger partial charge >= 0.3 is 0 Å². The summed E-state index contributed by atoms with van der Waals surface area (Å²) in [5.74, 6) is 1.48. The van der Waals surface area contributed by atoms with Gasteiger partial charge in [0.15, 0.2) is 11.5 Å². The number of nitrogens with zero attached hydrogens (tertiary/aromatic N) is 2. The van der Waals surface area contributed by atoms with Crippen LogP contribution in [0.25, 0.3) is 0 Å². The highest BCUT2D eigenvalue weighted by atomic mass is 16.5. The van der Waals surface area contributed by atoms with Crippen LogP contribution in [0.5, 0.6) is 11.5 Å². The van der Waals surface area contributed by atoms with E-state index in [0.717, 1.165) is 25.3 Å². The minimum Gasteiger partial charge on any atom is -0.491 e. The van der Waals surface area contributed by atoms with Crippen molar-refractivity contribution in [3.63, 3.8) is 0 Å². The maximum Gasteiger partial charge on any atom is 0.179 e. The summed E-state index contributed by atoms with van der Waals surface area (Å²) in [6.45, 7) is 4.36. The predicted octanol–water partition coefficient (Wildman–Crippen LogP) is 1.95. The first kappa shape index (κ1) is 12.2. The summed E-state index contributed by atoms with van der Waals surface area (Å²) in [4.78, 5) is 6.49. The number of rotatable bonds is 6. The first-order valence-corrected chi connectivity index (χ1v) is 6.23. The SMILES string of the molecule is COc1cnccc1OCCCN1CCCC1. The molecule has 1 fully saturated rings. The Morgan fingerprint density at radius 3 is 2.88 bits per heavy atom. The molecule has 4 heteroatoms. The molecule has 0 bridgehead atoms. The first-order valence-electron chi connectivity index (χ1n) is 6.23. The van der Waals surface area contributed by atoms with Crippen LogP contribution in [0.2, 0.25) is 0 Å². The van der Waals surface area contributed by atoms with Crippen molar-refractivity contribution in [3.05, 3.63) is 18.5 Å². The van der Waals surface area contributed by atoms with Gasteiger partial charge in [0.2, 0.25) is 0 Å². The molecule has 0 amide bonds. The van der Waals surface area contributed by atoms with Crippen LogP contribution < -0.4 is 9.47 Å². The molecule has 1 aliphatic heterocycles. The molecule has 0 radical (unpaired) electrons. The zero-order chi connectivity index (χ0) is 11.9. The van der Waals surface area contributed by atoms with Crippen molar-refractivity contribution in [3.8, 4) is 11.5 Å². The number of likely N-dealkylation sites (tertiary alicyclic amines) is 1. The van der Waals surface area contributed by atoms with Gasteiger partial charge in [0, 0.05) is 18.8 Å². The summed E-state index contributed by atoms with van der Waals surface area (Å²) in [5, 5.41) is 0. The summed E-state index contributed by atoms with van der Waals surface area (Å²) >= 11 is 0. The molecule has 0 aliphatic carbocycles. The summed E-state index contributed by atoms with van der Waals surface area (Å²) in [5.41, 5.74) is 0. The van der Waals surface area contributed by atoms with Crippen LogP contribution in [-0.2, 0) is 0 Å². The molecule has 0 atom stereocenters. The summed E-state index contributed by atoms with van der Waals surface area (Å²) in [7, 11) is 1.63. The normalized spacial score (nSPS) is 16.1. The van der Waals surface area contributed by atoms with Crippen LogP contribution in [0, 0.1) is 0 Å². The highest BCUT2D eigenvalue weighted by Crippen LogP contribution is 2.24. The average molecular weight is 236 g/mol. The maximum absolute atomic E-state index is 5.70. The molecule has 4 nitrogen and oxygen atoms in total. The number of hydrogen-bond donors (Lipinski definition) is 0. The maximum atomic E-state index is 5.70. The summed E-state index contributed by atoms with van der Waals surface area (Å²) in [6.07, 6.45) is 7.15. The van der Waals surface area contributed by atoms with E-state index >= 15 is 0 Å². The highest BCUT2D eigenvalue weighted by molar-refractivity contribution is 5.36. The van der Waals surface area contributed by atoms with E-state index in [0.29, 0.717) is 5.75 Å². The van der Waals surface area contributed by atoms with Crippen molar-refractivity contribution >= 4 is 0 Å². The zero-order valence-electron chi connectivity index (χ0n) is 10.4. The van der Waals surface area contributed by atoms with E-state index in [4.69, 9.17) is 9.47 Å². The number of ether oxygens (including phenoxy) is 2. The van der Waals surface area contributed by atoms with E-state index < -0.39 is 0 Å². The summed E-state index contributed by atoms with van der Waals surface area (Å²) < 4.78 is 10.9. The van der Waals surface area contributed by atoms with E-state index in [1.165, 1.54) is 25.9 Å². The van der Waals surface area contributed by atoms with Gasteiger partial charge < -0.3 is 14.4 Å². The number of methoxy groups -OCH3 is 1. The molecule has 94 valence electrons. The number of pyridine rings is 1. The third-order valence-corrected chi connectivity index (χ3v) is 3.04. The Hall–Kier alpha value is -1.29. The second kappa shape index (κ2) is 6.45. The third-order valence-electron chi connectivity index (χ3n) is 3.04. The van der Waals surface area contributed by atoms with E-state index in [9.17, 15) is 0 Å².